The molecule has 0 radical (unpaired) electrons. The third-order valence-corrected chi connectivity index (χ3v) is 3.71. The maximum absolute atomic E-state index is 11.9. The van der Waals surface area contributed by atoms with E-state index in [1.807, 2.05) is 20.8 Å². The van der Waals surface area contributed by atoms with Crippen molar-refractivity contribution in [3.8, 4) is 0 Å². The Morgan fingerprint density at radius 3 is 2.50 bits per heavy atom. The topological polar surface area (TPSA) is 55.1 Å². The van der Waals surface area contributed by atoms with Gasteiger partial charge in [-0.15, -0.1) is 0 Å². The van der Waals surface area contributed by atoms with E-state index >= 15 is 0 Å². The van der Waals surface area contributed by atoms with Crippen molar-refractivity contribution in [1.29, 1.82) is 0 Å². The van der Waals surface area contributed by atoms with Crippen molar-refractivity contribution in [1.82, 2.24) is 0 Å². The van der Waals surface area contributed by atoms with Gasteiger partial charge < -0.3 is 11.1 Å². The first-order valence-electron chi connectivity index (χ1n) is 5.54. The zero-order chi connectivity index (χ0) is 12.1. The Morgan fingerprint density at radius 1 is 1.31 bits per heavy atom. The summed E-state index contributed by atoms with van der Waals surface area (Å²) >= 11 is 0. The third kappa shape index (κ3) is 1.28. The van der Waals surface area contributed by atoms with Crippen LogP contribution in [-0.4, -0.2) is 5.91 Å². The van der Waals surface area contributed by atoms with Crippen molar-refractivity contribution in [3.63, 3.8) is 0 Å². The lowest BCUT2D eigenvalue weighted by Gasteiger charge is -2.18. The number of amides is 1. The first-order chi connectivity index (χ1) is 7.39. The molecule has 1 amide bonds. The van der Waals surface area contributed by atoms with Crippen LogP contribution < -0.4 is 11.1 Å². The van der Waals surface area contributed by atoms with Crippen LogP contribution in [0.1, 0.15) is 36.1 Å². The summed E-state index contributed by atoms with van der Waals surface area (Å²) < 4.78 is 0. The van der Waals surface area contributed by atoms with Gasteiger partial charge in [-0.1, -0.05) is 6.07 Å². The lowest BCUT2D eigenvalue weighted by Crippen LogP contribution is -2.26. The molecule has 1 heterocycles. The second kappa shape index (κ2) is 3.32. The maximum atomic E-state index is 11.9. The molecule has 2 rings (SSSR count). The number of fused-ring (bicyclic) bond motifs is 1. The summed E-state index contributed by atoms with van der Waals surface area (Å²) in [5, 5.41) is 2.97. The van der Waals surface area contributed by atoms with Gasteiger partial charge >= 0.3 is 0 Å². The first kappa shape index (κ1) is 11.1. The summed E-state index contributed by atoms with van der Waals surface area (Å²) in [7, 11) is 0. The number of rotatable bonds is 1. The Kier molecular flexibility index (Phi) is 2.31. The van der Waals surface area contributed by atoms with E-state index < -0.39 is 5.41 Å². The van der Waals surface area contributed by atoms with E-state index in [9.17, 15) is 4.79 Å². The SMILES string of the molecule is Cc1c(CN)cc2c(c1C)NC(=O)C2(C)C. The molecule has 0 aromatic heterocycles. The Labute approximate surface area is 96.0 Å². The molecule has 0 bridgehead atoms. The van der Waals surface area contributed by atoms with Gasteiger partial charge in [-0.25, -0.2) is 0 Å². The molecule has 0 spiro atoms. The summed E-state index contributed by atoms with van der Waals surface area (Å²) in [4.78, 5) is 11.9. The molecule has 3 nitrogen and oxygen atoms in total. The van der Waals surface area contributed by atoms with Crippen molar-refractivity contribution in [3.05, 3.63) is 28.3 Å². The van der Waals surface area contributed by atoms with E-state index in [1.54, 1.807) is 0 Å². The second-order valence-electron chi connectivity index (χ2n) is 4.99. The Morgan fingerprint density at radius 2 is 1.94 bits per heavy atom. The number of nitrogens with two attached hydrogens (primary N) is 1. The van der Waals surface area contributed by atoms with Crippen molar-refractivity contribution in [2.75, 3.05) is 5.32 Å². The Bertz CT molecular complexity index is 475. The minimum atomic E-state index is -0.447. The van der Waals surface area contributed by atoms with E-state index in [1.165, 1.54) is 5.56 Å². The molecule has 3 heteroatoms. The predicted molar refractivity (Wildman–Crippen MR) is 65.5 cm³/mol. The van der Waals surface area contributed by atoms with Crippen LogP contribution in [0.5, 0.6) is 0 Å². The van der Waals surface area contributed by atoms with Crippen LogP contribution in [0.4, 0.5) is 5.69 Å². The molecule has 86 valence electrons. The lowest BCUT2D eigenvalue weighted by molar-refractivity contribution is -0.119. The van der Waals surface area contributed by atoms with E-state index in [2.05, 4.69) is 18.3 Å². The standard InChI is InChI=1S/C13H18N2O/c1-7-8(2)11-10(5-9(7)6-14)13(3,4)12(16)15-11/h5H,6,14H2,1-4H3,(H,15,16). The van der Waals surface area contributed by atoms with E-state index in [0.717, 1.165) is 22.4 Å². The molecule has 0 atom stereocenters. The molecule has 0 aliphatic carbocycles. The van der Waals surface area contributed by atoms with E-state index in [4.69, 9.17) is 5.73 Å². The third-order valence-electron chi connectivity index (χ3n) is 3.71. The molecule has 0 saturated heterocycles. The normalized spacial score (nSPS) is 17.2. The first-order valence-corrected chi connectivity index (χ1v) is 5.54. The molecule has 1 aromatic rings. The zero-order valence-electron chi connectivity index (χ0n) is 10.3. The highest BCUT2D eigenvalue weighted by molar-refractivity contribution is 6.06. The number of hydrogen-bond donors (Lipinski definition) is 2. The van der Waals surface area contributed by atoms with Crippen molar-refractivity contribution < 1.29 is 4.79 Å². The monoisotopic (exact) mass is 218 g/mol. The largest absolute Gasteiger partial charge is 0.326 e. The van der Waals surface area contributed by atoms with E-state index in [0.29, 0.717) is 6.54 Å². The molecule has 3 N–H and O–H groups in total. The minimum absolute atomic E-state index is 0.0687. The van der Waals surface area contributed by atoms with Gasteiger partial charge in [0.15, 0.2) is 0 Å². The van der Waals surface area contributed by atoms with Crippen molar-refractivity contribution in [2.45, 2.75) is 39.7 Å². The average Bonchev–Trinajstić information content (AvgIpc) is 2.45. The molecule has 1 aliphatic heterocycles. The summed E-state index contributed by atoms with van der Waals surface area (Å²) in [5.74, 6) is 0.0687. The number of anilines is 1. The van der Waals surface area contributed by atoms with Crippen LogP contribution in [-0.2, 0) is 16.8 Å². The van der Waals surface area contributed by atoms with Crippen molar-refractivity contribution >= 4 is 11.6 Å². The van der Waals surface area contributed by atoms with Gasteiger partial charge in [0.25, 0.3) is 0 Å². The molecule has 0 saturated carbocycles. The van der Waals surface area contributed by atoms with Gasteiger partial charge in [0, 0.05) is 12.2 Å². The second-order valence-corrected chi connectivity index (χ2v) is 4.99. The number of hydrogen-bond acceptors (Lipinski definition) is 2. The molecule has 1 aliphatic rings. The highest BCUT2D eigenvalue weighted by Gasteiger charge is 2.39. The molecule has 0 unspecified atom stereocenters. The summed E-state index contributed by atoms with van der Waals surface area (Å²) in [5.41, 5.74) is 10.8. The quantitative estimate of drug-likeness (QED) is 0.757. The summed E-state index contributed by atoms with van der Waals surface area (Å²) in [6, 6.07) is 2.07. The molecule has 16 heavy (non-hydrogen) atoms. The lowest BCUT2D eigenvalue weighted by atomic mass is 9.83. The van der Waals surface area contributed by atoms with Crippen LogP contribution >= 0.6 is 0 Å². The highest BCUT2D eigenvalue weighted by Crippen LogP contribution is 2.41. The fraction of sp³-hybridized carbons (Fsp3) is 0.462. The summed E-state index contributed by atoms with van der Waals surface area (Å²) in [6.45, 7) is 8.50. The summed E-state index contributed by atoms with van der Waals surface area (Å²) in [6.07, 6.45) is 0. The Hall–Kier alpha value is -1.35. The molecule has 0 fully saturated rings. The van der Waals surface area contributed by atoms with Crippen molar-refractivity contribution in [2.24, 2.45) is 5.73 Å². The van der Waals surface area contributed by atoms with Gasteiger partial charge in [0.1, 0.15) is 0 Å². The highest BCUT2D eigenvalue weighted by atomic mass is 16.2. The number of nitrogens with one attached hydrogen (secondary N) is 1. The minimum Gasteiger partial charge on any atom is -0.326 e. The van der Waals surface area contributed by atoms with Crippen LogP contribution in [0, 0.1) is 13.8 Å². The Balaban J connectivity index is 2.73. The van der Waals surface area contributed by atoms with Crippen LogP contribution in [0.15, 0.2) is 6.07 Å². The maximum Gasteiger partial charge on any atom is 0.234 e. The van der Waals surface area contributed by atoms with Crippen LogP contribution in [0.3, 0.4) is 0 Å². The molecule has 1 aromatic carbocycles. The van der Waals surface area contributed by atoms with Gasteiger partial charge in [-0.3, -0.25) is 4.79 Å². The number of benzene rings is 1. The number of carbonyl (C=O) groups excluding carboxylic acids is 1. The van der Waals surface area contributed by atoms with Gasteiger partial charge in [0.05, 0.1) is 5.41 Å². The smallest absolute Gasteiger partial charge is 0.234 e. The fourth-order valence-electron chi connectivity index (χ4n) is 2.24. The van der Waals surface area contributed by atoms with Gasteiger partial charge in [0.2, 0.25) is 5.91 Å². The predicted octanol–water partition coefficient (Wildman–Crippen LogP) is 1.99. The van der Waals surface area contributed by atoms with Gasteiger partial charge in [-0.05, 0) is 49.9 Å². The average molecular weight is 218 g/mol. The molecular formula is C13H18N2O. The van der Waals surface area contributed by atoms with E-state index in [-0.39, 0.29) is 5.91 Å². The number of carbonyl (C=O) groups is 1. The fourth-order valence-corrected chi connectivity index (χ4v) is 2.24. The van der Waals surface area contributed by atoms with Crippen LogP contribution in [0.25, 0.3) is 0 Å². The van der Waals surface area contributed by atoms with Gasteiger partial charge in [-0.2, -0.15) is 0 Å². The zero-order valence-corrected chi connectivity index (χ0v) is 10.3. The molecular weight excluding hydrogens is 200 g/mol. The van der Waals surface area contributed by atoms with Crippen LogP contribution in [0.2, 0.25) is 0 Å².